The van der Waals surface area contributed by atoms with Crippen LogP contribution in [0.1, 0.15) is 98.5 Å². The molecule has 0 spiro atoms. The summed E-state index contributed by atoms with van der Waals surface area (Å²) in [5.74, 6) is 6.17. The minimum Gasteiger partial charge on any atom is -0.465 e. The normalized spacial score (nSPS) is 32.0. The zero-order valence-electron chi connectivity index (χ0n) is 21.1. The van der Waals surface area contributed by atoms with E-state index in [0.29, 0.717) is 29.3 Å². The number of ether oxygens (including phenoxy) is 2. The standard InChI is InChI=1S/C29H46O2/c1-18(2)26(17-29(5,6)7)20-11-13-22(14-12-20)30-28(19(3)4)31-27-16-21-15-25(27)24-10-8-9-23(21)24/h11-14,18-19,21,23-28H,8-10,15-17H2,1-7H3. The highest BCUT2D eigenvalue weighted by Gasteiger charge is 2.54. The van der Waals surface area contributed by atoms with Crippen molar-refractivity contribution in [1.29, 1.82) is 0 Å². The van der Waals surface area contributed by atoms with Gasteiger partial charge in [-0.1, -0.05) is 67.0 Å². The maximum Gasteiger partial charge on any atom is 0.202 e. The van der Waals surface area contributed by atoms with Gasteiger partial charge in [-0.2, -0.15) is 0 Å². The van der Waals surface area contributed by atoms with Gasteiger partial charge in [-0.25, -0.2) is 0 Å². The molecule has 0 N–H and O–H groups in total. The Labute approximate surface area is 191 Å². The molecular weight excluding hydrogens is 380 g/mol. The average Bonchev–Trinajstić information content (AvgIpc) is 3.39. The van der Waals surface area contributed by atoms with E-state index in [1.54, 1.807) is 0 Å². The molecule has 3 aliphatic rings. The maximum absolute atomic E-state index is 6.68. The zero-order chi connectivity index (χ0) is 22.3. The first-order valence-corrected chi connectivity index (χ1v) is 13.0. The van der Waals surface area contributed by atoms with Crippen LogP contribution in [0.5, 0.6) is 5.75 Å². The van der Waals surface area contributed by atoms with Crippen LogP contribution >= 0.6 is 0 Å². The first-order chi connectivity index (χ1) is 14.6. The van der Waals surface area contributed by atoms with E-state index in [0.717, 1.165) is 29.4 Å². The summed E-state index contributed by atoms with van der Waals surface area (Å²) in [5, 5.41) is 0. The molecule has 0 heterocycles. The number of benzene rings is 1. The Kier molecular flexibility index (Phi) is 6.78. The summed E-state index contributed by atoms with van der Waals surface area (Å²) in [5.41, 5.74) is 1.76. The minimum absolute atomic E-state index is 0.148. The van der Waals surface area contributed by atoms with Crippen LogP contribution in [0.2, 0.25) is 0 Å². The van der Waals surface area contributed by atoms with Gasteiger partial charge in [-0.15, -0.1) is 0 Å². The van der Waals surface area contributed by atoms with Gasteiger partial charge >= 0.3 is 0 Å². The summed E-state index contributed by atoms with van der Waals surface area (Å²) in [4.78, 5) is 0. The molecule has 3 fully saturated rings. The Bertz CT molecular complexity index is 713. The predicted molar refractivity (Wildman–Crippen MR) is 129 cm³/mol. The van der Waals surface area contributed by atoms with Gasteiger partial charge in [0.15, 0.2) is 0 Å². The molecular formula is C29H46O2. The molecule has 0 radical (unpaired) electrons. The van der Waals surface area contributed by atoms with Crippen molar-refractivity contribution in [2.75, 3.05) is 0 Å². The van der Waals surface area contributed by atoms with Gasteiger partial charge in [0, 0.05) is 5.92 Å². The van der Waals surface area contributed by atoms with Crippen molar-refractivity contribution in [2.45, 2.75) is 105 Å². The van der Waals surface area contributed by atoms with Gasteiger partial charge in [0.05, 0.1) is 6.10 Å². The fourth-order valence-corrected chi connectivity index (χ4v) is 6.98. The number of fused-ring (bicyclic) bond motifs is 5. The molecule has 0 saturated heterocycles. The summed E-state index contributed by atoms with van der Waals surface area (Å²) in [6.45, 7) is 16.2. The SMILES string of the molecule is CC(C)C(Oc1ccc(C(CC(C)(C)C)C(C)C)cc1)OC1CC2CC1C1CCCC21. The third-order valence-corrected chi connectivity index (χ3v) is 8.42. The Balaban J connectivity index is 1.39. The molecule has 1 aromatic carbocycles. The fourth-order valence-electron chi connectivity index (χ4n) is 6.98. The highest BCUT2D eigenvalue weighted by Crippen LogP contribution is 2.59. The monoisotopic (exact) mass is 426 g/mol. The van der Waals surface area contributed by atoms with Crippen LogP contribution < -0.4 is 4.74 Å². The summed E-state index contributed by atoms with van der Waals surface area (Å²) in [7, 11) is 0. The van der Waals surface area contributed by atoms with Gasteiger partial charge in [-0.3, -0.25) is 0 Å². The molecule has 1 aromatic rings. The van der Waals surface area contributed by atoms with E-state index in [4.69, 9.17) is 9.47 Å². The second-order valence-corrected chi connectivity index (χ2v) is 12.7. The Hall–Kier alpha value is -1.02. The molecule has 2 heteroatoms. The van der Waals surface area contributed by atoms with Gasteiger partial charge in [0.1, 0.15) is 5.75 Å². The molecule has 0 amide bonds. The van der Waals surface area contributed by atoms with E-state index in [-0.39, 0.29) is 6.29 Å². The largest absolute Gasteiger partial charge is 0.465 e. The summed E-state index contributed by atoms with van der Waals surface area (Å²) < 4.78 is 13.1. The van der Waals surface area contributed by atoms with Crippen molar-refractivity contribution >= 4 is 0 Å². The third-order valence-electron chi connectivity index (χ3n) is 8.42. The lowest BCUT2D eigenvalue weighted by Crippen LogP contribution is -2.37. The smallest absolute Gasteiger partial charge is 0.202 e. The van der Waals surface area contributed by atoms with Gasteiger partial charge in [0.25, 0.3) is 0 Å². The fraction of sp³-hybridized carbons (Fsp3) is 0.793. The molecule has 0 aromatic heterocycles. The lowest BCUT2D eigenvalue weighted by molar-refractivity contribution is -0.162. The second-order valence-electron chi connectivity index (χ2n) is 12.7. The Morgan fingerprint density at radius 3 is 2.16 bits per heavy atom. The average molecular weight is 427 g/mol. The first kappa shape index (κ1) is 23.1. The summed E-state index contributed by atoms with van der Waals surface area (Å²) >= 11 is 0. The van der Waals surface area contributed by atoms with E-state index in [2.05, 4.69) is 72.7 Å². The van der Waals surface area contributed by atoms with Crippen LogP contribution in [0, 0.1) is 40.9 Å². The lowest BCUT2D eigenvalue weighted by Gasteiger charge is -2.35. The molecule has 4 rings (SSSR count). The van der Waals surface area contributed by atoms with E-state index in [1.165, 1.54) is 44.1 Å². The zero-order valence-corrected chi connectivity index (χ0v) is 21.1. The van der Waals surface area contributed by atoms with Crippen molar-refractivity contribution in [2.24, 2.45) is 40.9 Å². The minimum atomic E-state index is -0.148. The molecule has 7 atom stereocenters. The molecule has 31 heavy (non-hydrogen) atoms. The Morgan fingerprint density at radius 1 is 0.871 bits per heavy atom. The van der Waals surface area contributed by atoms with Crippen LogP contribution in [0.4, 0.5) is 0 Å². The van der Waals surface area contributed by atoms with Crippen molar-refractivity contribution in [3.63, 3.8) is 0 Å². The molecule has 174 valence electrons. The summed E-state index contributed by atoms with van der Waals surface area (Å²) in [6.07, 6.45) is 8.49. The van der Waals surface area contributed by atoms with Crippen molar-refractivity contribution < 1.29 is 9.47 Å². The van der Waals surface area contributed by atoms with E-state index in [9.17, 15) is 0 Å². The molecule has 0 aliphatic heterocycles. The Morgan fingerprint density at radius 2 is 1.55 bits per heavy atom. The molecule has 2 bridgehead atoms. The van der Waals surface area contributed by atoms with E-state index >= 15 is 0 Å². The number of rotatable bonds is 8. The highest BCUT2D eigenvalue weighted by molar-refractivity contribution is 5.30. The topological polar surface area (TPSA) is 18.5 Å². The van der Waals surface area contributed by atoms with Crippen LogP contribution in [0.3, 0.4) is 0 Å². The van der Waals surface area contributed by atoms with Crippen LogP contribution in [0.25, 0.3) is 0 Å². The summed E-state index contributed by atoms with van der Waals surface area (Å²) in [6, 6.07) is 8.90. The first-order valence-electron chi connectivity index (χ1n) is 13.0. The third kappa shape index (κ3) is 5.15. The highest BCUT2D eigenvalue weighted by atomic mass is 16.7. The second kappa shape index (κ2) is 9.08. The maximum atomic E-state index is 6.68. The van der Waals surface area contributed by atoms with Crippen molar-refractivity contribution in [3.05, 3.63) is 29.8 Å². The molecule has 7 unspecified atom stereocenters. The van der Waals surface area contributed by atoms with Crippen LogP contribution in [-0.2, 0) is 4.74 Å². The number of hydrogen-bond acceptors (Lipinski definition) is 2. The lowest BCUT2D eigenvalue weighted by atomic mass is 9.76. The van der Waals surface area contributed by atoms with Crippen LogP contribution in [0.15, 0.2) is 24.3 Å². The quantitative estimate of drug-likeness (QED) is 0.391. The molecule has 3 aliphatic carbocycles. The predicted octanol–water partition coefficient (Wildman–Crippen LogP) is 8.06. The van der Waals surface area contributed by atoms with Gasteiger partial charge in [-0.05, 0) is 90.7 Å². The molecule has 2 nitrogen and oxygen atoms in total. The van der Waals surface area contributed by atoms with Gasteiger partial charge in [0.2, 0.25) is 6.29 Å². The van der Waals surface area contributed by atoms with Gasteiger partial charge < -0.3 is 9.47 Å². The number of hydrogen-bond donors (Lipinski definition) is 0. The van der Waals surface area contributed by atoms with E-state index in [1.807, 2.05) is 0 Å². The van der Waals surface area contributed by atoms with E-state index < -0.39 is 0 Å². The van der Waals surface area contributed by atoms with Crippen LogP contribution in [-0.4, -0.2) is 12.4 Å². The molecule has 3 saturated carbocycles. The van der Waals surface area contributed by atoms with Crippen molar-refractivity contribution in [3.8, 4) is 5.75 Å². The van der Waals surface area contributed by atoms with Crippen molar-refractivity contribution in [1.82, 2.24) is 0 Å².